The van der Waals surface area contributed by atoms with Gasteiger partial charge in [0.25, 0.3) is 5.69 Å². The molecule has 8 nitrogen and oxygen atoms in total. The highest BCUT2D eigenvalue weighted by Crippen LogP contribution is 2.19. The van der Waals surface area contributed by atoms with E-state index in [9.17, 15) is 14.9 Å². The highest BCUT2D eigenvalue weighted by molar-refractivity contribution is 5.84. The quantitative estimate of drug-likeness (QED) is 0.530. The van der Waals surface area contributed by atoms with Crippen LogP contribution >= 0.6 is 0 Å². The lowest BCUT2D eigenvalue weighted by Crippen LogP contribution is -2.39. The number of carbonyl (C=O) groups excluding carboxylic acids is 1. The first kappa shape index (κ1) is 15.7. The van der Waals surface area contributed by atoms with E-state index in [1.165, 1.54) is 6.07 Å². The fourth-order valence-corrected chi connectivity index (χ4v) is 1.46. The van der Waals surface area contributed by atoms with Crippen molar-refractivity contribution < 1.29 is 9.72 Å². The molecule has 1 aromatic rings. The summed E-state index contributed by atoms with van der Waals surface area (Å²) in [6.45, 7) is 6.18. The molecular weight excluding hydrogens is 262 g/mol. The molecule has 1 aromatic heterocycles. The Morgan fingerprint density at radius 1 is 1.45 bits per heavy atom. The molecule has 1 rings (SSSR count). The highest BCUT2D eigenvalue weighted by atomic mass is 16.6. The molecule has 0 aliphatic rings. The molecule has 0 aliphatic carbocycles. The standard InChI is InChI=1S/C12H19N5O3/c1-7(2)6-14-12(18)8(3)15-11-5-9(17(19)20)4-10(13)16-11/h4-5,7-8H,6H2,1-3H3,(H,14,18)(H3,13,15,16). The van der Waals surface area contributed by atoms with Crippen molar-refractivity contribution in [2.24, 2.45) is 5.92 Å². The van der Waals surface area contributed by atoms with Crippen LogP contribution < -0.4 is 16.4 Å². The lowest BCUT2D eigenvalue weighted by molar-refractivity contribution is -0.384. The Kier molecular flexibility index (Phi) is 5.24. The molecule has 0 fully saturated rings. The molecule has 1 heterocycles. The van der Waals surface area contributed by atoms with Crippen molar-refractivity contribution in [3.05, 3.63) is 22.2 Å². The van der Waals surface area contributed by atoms with Gasteiger partial charge in [0.1, 0.15) is 17.7 Å². The first-order valence-electron chi connectivity index (χ1n) is 6.25. The van der Waals surface area contributed by atoms with Gasteiger partial charge >= 0.3 is 0 Å². The average molecular weight is 281 g/mol. The van der Waals surface area contributed by atoms with E-state index in [-0.39, 0.29) is 23.2 Å². The number of nitro groups is 1. The number of aromatic nitrogens is 1. The Hall–Kier alpha value is -2.38. The lowest BCUT2D eigenvalue weighted by atomic mass is 10.2. The number of anilines is 2. The SMILES string of the molecule is CC(C)CNC(=O)C(C)Nc1cc([N+](=O)[O-])cc(N)n1. The van der Waals surface area contributed by atoms with Crippen molar-refractivity contribution in [2.45, 2.75) is 26.8 Å². The summed E-state index contributed by atoms with van der Waals surface area (Å²) in [6.07, 6.45) is 0. The third-order valence-corrected chi connectivity index (χ3v) is 2.48. The number of nitrogen functional groups attached to an aromatic ring is 1. The van der Waals surface area contributed by atoms with E-state index >= 15 is 0 Å². The first-order chi connectivity index (χ1) is 9.29. The van der Waals surface area contributed by atoms with Crippen LogP contribution in [0.4, 0.5) is 17.3 Å². The van der Waals surface area contributed by atoms with Gasteiger partial charge in [0.15, 0.2) is 0 Å². The minimum absolute atomic E-state index is 0.0245. The van der Waals surface area contributed by atoms with Gasteiger partial charge in [-0.2, -0.15) is 0 Å². The number of hydrogen-bond donors (Lipinski definition) is 3. The van der Waals surface area contributed by atoms with Gasteiger partial charge in [-0.05, 0) is 12.8 Å². The molecule has 20 heavy (non-hydrogen) atoms. The lowest BCUT2D eigenvalue weighted by Gasteiger charge is -2.15. The number of hydrogen-bond acceptors (Lipinski definition) is 6. The van der Waals surface area contributed by atoms with Crippen LogP contribution in [-0.4, -0.2) is 28.4 Å². The third kappa shape index (κ3) is 4.71. The zero-order valence-electron chi connectivity index (χ0n) is 11.7. The summed E-state index contributed by atoms with van der Waals surface area (Å²) >= 11 is 0. The second-order valence-electron chi connectivity index (χ2n) is 4.90. The zero-order valence-corrected chi connectivity index (χ0v) is 11.7. The van der Waals surface area contributed by atoms with E-state index in [1.54, 1.807) is 6.92 Å². The summed E-state index contributed by atoms with van der Waals surface area (Å²) in [6, 6.07) is 1.83. The number of rotatable bonds is 6. The average Bonchev–Trinajstić information content (AvgIpc) is 2.34. The van der Waals surface area contributed by atoms with Crippen molar-refractivity contribution in [3.63, 3.8) is 0 Å². The topological polar surface area (TPSA) is 123 Å². The maximum atomic E-state index is 11.8. The molecule has 0 saturated carbocycles. The van der Waals surface area contributed by atoms with Gasteiger partial charge in [-0.1, -0.05) is 13.8 Å². The third-order valence-electron chi connectivity index (χ3n) is 2.48. The molecular formula is C12H19N5O3. The van der Waals surface area contributed by atoms with E-state index in [0.29, 0.717) is 12.5 Å². The summed E-state index contributed by atoms with van der Waals surface area (Å²) in [5.74, 6) is 0.365. The Labute approximate surface area is 116 Å². The van der Waals surface area contributed by atoms with Gasteiger partial charge in [-0.15, -0.1) is 0 Å². The molecule has 0 radical (unpaired) electrons. The van der Waals surface area contributed by atoms with Crippen LogP contribution in [-0.2, 0) is 4.79 Å². The van der Waals surface area contributed by atoms with Crippen molar-refractivity contribution in [2.75, 3.05) is 17.6 Å². The maximum absolute atomic E-state index is 11.8. The molecule has 110 valence electrons. The predicted octanol–water partition coefficient (Wildman–Crippen LogP) is 1.14. The van der Waals surface area contributed by atoms with Crippen LogP contribution in [0.2, 0.25) is 0 Å². The fourth-order valence-electron chi connectivity index (χ4n) is 1.46. The van der Waals surface area contributed by atoms with E-state index < -0.39 is 11.0 Å². The maximum Gasteiger partial charge on any atom is 0.276 e. The minimum atomic E-state index is -0.567. The van der Waals surface area contributed by atoms with Gasteiger partial charge in [0, 0.05) is 6.54 Å². The number of nitrogens with two attached hydrogens (primary N) is 1. The molecule has 0 spiro atoms. The normalized spacial score (nSPS) is 12.0. The van der Waals surface area contributed by atoms with Crippen molar-refractivity contribution in [1.82, 2.24) is 10.3 Å². The monoisotopic (exact) mass is 281 g/mol. The van der Waals surface area contributed by atoms with E-state index in [0.717, 1.165) is 6.07 Å². The molecule has 1 atom stereocenters. The van der Waals surface area contributed by atoms with Crippen LogP contribution in [0.1, 0.15) is 20.8 Å². The minimum Gasteiger partial charge on any atom is -0.383 e. The predicted molar refractivity (Wildman–Crippen MR) is 76.2 cm³/mol. The van der Waals surface area contributed by atoms with Gasteiger partial charge in [0.05, 0.1) is 17.1 Å². The Bertz CT molecular complexity index is 504. The fraction of sp³-hybridized carbons (Fsp3) is 0.500. The van der Waals surface area contributed by atoms with Crippen LogP contribution in [0, 0.1) is 16.0 Å². The summed E-state index contributed by atoms with van der Waals surface area (Å²) in [7, 11) is 0. The molecule has 0 aromatic carbocycles. The number of nitrogens with one attached hydrogen (secondary N) is 2. The second kappa shape index (κ2) is 6.69. The van der Waals surface area contributed by atoms with Crippen LogP contribution in [0.3, 0.4) is 0 Å². The highest BCUT2D eigenvalue weighted by Gasteiger charge is 2.16. The van der Waals surface area contributed by atoms with Gasteiger partial charge in [-0.3, -0.25) is 14.9 Å². The number of amides is 1. The largest absolute Gasteiger partial charge is 0.383 e. The summed E-state index contributed by atoms with van der Waals surface area (Å²) in [5, 5.41) is 16.3. The molecule has 4 N–H and O–H groups in total. The number of carbonyl (C=O) groups is 1. The summed E-state index contributed by atoms with van der Waals surface area (Å²) < 4.78 is 0. The van der Waals surface area contributed by atoms with E-state index in [4.69, 9.17) is 5.73 Å². The second-order valence-corrected chi connectivity index (χ2v) is 4.90. The molecule has 1 unspecified atom stereocenters. The molecule has 0 aliphatic heterocycles. The van der Waals surface area contributed by atoms with Crippen molar-refractivity contribution in [3.8, 4) is 0 Å². The molecule has 8 heteroatoms. The van der Waals surface area contributed by atoms with Crippen LogP contribution in [0.15, 0.2) is 12.1 Å². The van der Waals surface area contributed by atoms with Gasteiger partial charge in [-0.25, -0.2) is 4.98 Å². The summed E-state index contributed by atoms with van der Waals surface area (Å²) in [5.41, 5.74) is 5.32. The molecule has 0 saturated heterocycles. The van der Waals surface area contributed by atoms with Crippen molar-refractivity contribution >= 4 is 23.2 Å². The Morgan fingerprint density at radius 2 is 2.10 bits per heavy atom. The zero-order chi connectivity index (χ0) is 15.3. The van der Waals surface area contributed by atoms with E-state index in [1.807, 2.05) is 13.8 Å². The van der Waals surface area contributed by atoms with Gasteiger partial charge in [0.2, 0.25) is 5.91 Å². The van der Waals surface area contributed by atoms with Crippen LogP contribution in [0.5, 0.6) is 0 Å². The molecule has 0 bridgehead atoms. The smallest absolute Gasteiger partial charge is 0.276 e. The molecule has 1 amide bonds. The first-order valence-corrected chi connectivity index (χ1v) is 6.25. The van der Waals surface area contributed by atoms with Gasteiger partial charge < -0.3 is 16.4 Å². The van der Waals surface area contributed by atoms with E-state index in [2.05, 4.69) is 15.6 Å². The Morgan fingerprint density at radius 3 is 2.65 bits per heavy atom. The number of pyridine rings is 1. The Balaban J connectivity index is 2.72. The number of nitrogens with zero attached hydrogens (tertiary/aromatic N) is 2. The van der Waals surface area contributed by atoms with Crippen LogP contribution in [0.25, 0.3) is 0 Å². The summed E-state index contributed by atoms with van der Waals surface area (Å²) in [4.78, 5) is 25.9. The van der Waals surface area contributed by atoms with Crippen molar-refractivity contribution in [1.29, 1.82) is 0 Å².